The zero-order chi connectivity index (χ0) is 14.0. The molecule has 0 aromatic rings. The van der Waals surface area contributed by atoms with Crippen LogP contribution in [0.4, 0.5) is 0 Å². The third kappa shape index (κ3) is 6.93. The molecule has 0 N–H and O–H groups in total. The molecule has 0 rings (SSSR count). The summed E-state index contributed by atoms with van der Waals surface area (Å²) < 4.78 is 0. The van der Waals surface area contributed by atoms with Gasteiger partial charge in [0.05, 0.1) is 0 Å². The quantitative estimate of drug-likeness (QED) is 0.231. The maximum absolute atomic E-state index is 10.5. The van der Waals surface area contributed by atoms with Gasteiger partial charge in [0.1, 0.15) is 11.9 Å². The third-order valence-corrected chi connectivity index (χ3v) is 4.53. The molecular formula is C10H4Fe2O6S2-2. The zero-order valence-corrected chi connectivity index (χ0v) is 13.1. The van der Waals surface area contributed by atoms with E-state index in [-0.39, 0.29) is 34.1 Å². The minimum absolute atomic E-state index is 0. The summed E-state index contributed by atoms with van der Waals surface area (Å²) in [5, 5.41) is 2.84. The van der Waals surface area contributed by atoms with E-state index in [9.17, 15) is 28.8 Å². The normalized spacial score (nSPS) is 10.7. The summed E-state index contributed by atoms with van der Waals surface area (Å²) >= 11 is 0. The van der Waals surface area contributed by atoms with Gasteiger partial charge >= 0.3 is 0 Å². The summed E-state index contributed by atoms with van der Waals surface area (Å²) in [6.45, 7) is 0. The summed E-state index contributed by atoms with van der Waals surface area (Å²) in [6.07, 6.45) is 1.51. The first kappa shape index (κ1) is 24.0. The van der Waals surface area contributed by atoms with Crippen LogP contribution in [0, 0.1) is 0 Å². The Morgan fingerprint density at radius 3 is 1.00 bits per heavy atom. The maximum atomic E-state index is 10.5. The van der Waals surface area contributed by atoms with Gasteiger partial charge in [0, 0.05) is 34.1 Å². The molecule has 0 aromatic heterocycles. The van der Waals surface area contributed by atoms with Crippen LogP contribution in [0.1, 0.15) is 0 Å². The summed E-state index contributed by atoms with van der Waals surface area (Å²) in [6, 6.07) is 0. The molecule has 0 amide bonds. The Balaban J connectivity index is -0.00000144. The van der Waals surface area contributed by atoms with E-state index < -0.39 is 30.6 Å². The van der Waals surface area contributed by atoms with Crippen molar-refractivity contribution in [3.63, 3.8) is 0 Å². The van der Waals surface area contributed by atoms with Gasteiger partial charge in [0.2, 0.25) is 0 Å². The van der Waals surface area contributed by atoms with Crippen LogP contribution in [0.15, 0.2) is 12.2 Å². The second kappa shape index (κ2) is 14.4. The molecule has 0 aliphatic rings. The topological polar surface area (TPSA) is 102 Å². The first-order valence-corrected chi connectivity index (χ1v) is 6.67. The van der Waals surface area contributed by atoms with Gasteiger partial charge in [-0.2, -0.15) is 0 Å². The van der Waals surface area contributed by atoms with Gasteiger partial charge in [0.15, 0.2) is 0 Å². The first-order valence-electron chi connectivity index (χ1n) is 4.09. The molecular weight excluding hydrogens is 392 g/mol. The molecule has 0 aromatic carbocycles. The van der Waals surface area contributed by atoms with Crippen molar-refractivity contribution >= 4 is 53.0 Å². The molecule has 10 heteroatoms. The smallest absolute Gasteiger partial charge is 0.118 e. The molecule has 0 heterocycles. The van der Waals surface area contributed by atoms with Gasteiger partial charge in [-0.3, -0.25) is 39.3 Å². The molecule has 0 fully saturated rings. The second-order valence-corrected chi connectivity index (χ2v) is 5.61. The number of rotatable bonds is 5. The van der Waals surface area contributed by atoms with Gasteiger partial charge in [-0.1, -0.05) is 10.5 Å². The standard InChI is InChI=1S/C10H4O6S2.2Fe/c11-3-1-9(17(5-13)6-14)10(2-4-12)18(7-15)8-16;;/h1-2,9-10H;;/q-2;;. The number of carbonyl (C=O) groups excluding carboxylic acids is 6. The van der Waals surface area contributed by atoms with Crippen molar-refractivity contribution in [1.82, 2.24) is 0 Å². The Bertz CT molecular complexity index is 602. The predicted molar refractivity (Wildman–Crippen MR) is 65.6 cm³/mol. The van der Waals surface area contributed by atoms with E-state index in [1.54, 1.807) is 0 Å². The molecule has 20 heavy (non-hydrogen) atoms. The molecule has 2 unspecified atom stereocenters. The third-order valence-electron chi connectivity index (χ3n) is 1.69. The summed E-state index contributed by atoms with van der Waals surface area (Å²) in [4.78, 5) is 62.8. The minimum Gasteiger partial charge on any atom is -0.299 e. The van der Waals surface area contributed by atoms with Gasteiger partial charge < -0.3 is 0 Å². The van der Waals surface area contributed by atoms with E-state index in [2.05, 4.69) is 0 Å². The molecule has 0 spiro atoms. The van der Waals surface area contributed by atoms with Crippen LogP contribution in [0.5, 0.6) is 0 Å². The van der Waals surface area contributed by atoms with Crippen molar-refractivity contribution in [2.24, 2.45) is 0 Å². The number of hydrogen-bond donors (Lipinski definition) is 0. The Morgan fingerprint density at radius 1 is 0.600 bits per heavy atom. The summed E-state index contributed by atoms with van der Waals surface area (Å²) in [5.41, 5.74) is 0. The Labute approximate surface area is 138 Å². The van der Waals surface area contributed by atoms with Gasteiger partial charge in [-0.15, -0.1) is 0 Å². The molecule has 0 saturated heterocycles. The average molecular weight is 396 g/mol. The van der Waals surface area contributed by atoms with Crippen LogP contribution in [-0.4, -0.2) is 43.3 Å². The molecule has 110 valence electrons. The molecule has 0 saturated carbocycles. The van der Waals surface area contributed by atoms with E-state index in [1.807, 2.05) is 0 Å². The first-order chi connectivity index (χ1) is 8.69. The molecule has 6 nitrogen and oxygen atoms in total. The van der Waals surface area contributed by atoms with Crippen molar-refractivity contribution in [2.45, 2.75) is 10.5 Å². The summed E-state index contributed by atoms with van der Waals surface area (Å²) in [7, 11) is -3.64. The fraction of sp³-hybridized carbons (Fsp3) is 0.200. The Hall–Kier alpha value is -1.04. The molecule has 0 bridgehead atoms. The van der Waals surface area contributed by atoms with Crippen molar-refractivity contribution in [3.05, 3.63) is 12.2 Å². The van der Waals surface area contributed by atoms with Crippen molar-refractivity contribution in [2.75, 3.05) is 0 Å². The SMILES string of the molecule is O=C=CC(C(C=C=O)[S-](=C=O)=C=O)[S-](=C=O)=C=O.[Fe].[Fe]. The van der Waals surface area contributed by atoms with Crippen LogP contribution in [0.3, 0.4) is 0 Å². The molecule has 0 radical (unpaired) electrons. The summed E-state index contributed by atoms with van der Waals surface area (Å²) in [5.74, 6) is 2.66. The zero-order valence-electron chi connectivity index (χ0n) is 9.28. The van der Waals surface area contributed by atoms with E-state index in [4.69, 9.17) is 0 Å². The molecule has 0 aliphatic heterocycles. The second-order valence-electron chi connectivity index (χ2n) is 2.51. The average Bonchev–Trinajstić information content (AvgIpc) is 2.39. The molecule has 2 atom stereocenters. The van der Waals surface area contributed by atoms with Crippen LogP contribution in [0.25, 0.3) is 0 Å². The van der Waals surface area contributed by atoms with Crippen molar-refractivity contribution in [1.29, 1.82) is 0 Å². The van der Waals surface area contributed by atoms with Crippen LogP contribution >= 0.6 is 0 Å². The maximum Gasteiger partial charge on any atom is 0.118 e. The van der Waals surface area contributed by atoms with E-state index in [0.717, 1.165) is 12.2 Å². The van der Waals surface area contributed by atoms with Crippen molar-refractivity contribution in [3.8, 4) is 0 Å². The number of hydrogen-bond acceptors (Lipinski definition) is 8. The molecule has 0 aliphatic carbocycles. The van der Waals surface area contributed by atoms with Gasteiger partial charge in [-0.05, 0) is 33.1 Å². The fourth-order valence-electron chi connectivity index (χ4n) is 0.984. The fourth-order valence-corrected chi connectivity index (χ4v) is 3.24. The van der Waals surface area contributed by atoms with Gasteiger partial charge in [0.25, 0.3) is 0 Å². The predicted octanol–water partition coefficient (Wildman–Crippen LogP) is -2.00. The monoisotopic (exact) mass is 396 g/mol. The van der Waals surface area contributed by atoms with Crippen molar-refractivity contribution < 1.29 is 62.9 Å². The van der Waals surface area contributed by atoms with E-state index in [0.29, 0.717) is 0 Å². The van der Waals surface area contributed by atoms with E-state index >= 15 is 0 Å². The Morgan fingerprint density at radius 2 is 0.850 bits per heavy atom. The minimum atomic E-state index is -1.82. The largest absolute Gasteiger partial charge is 0.299 e. The van der Waals surface area contributed by atoms with Crippen LogP contribution in [0.2, 0.25) is 0 Å². The Kier molecular flexibility index (Phi) is 17.2. The van der Waals surface area contributed by atoms with Crippen LogP contribution in [-0.2, 0) is 83.1 Å². The van der Waals surface area contributed by atoms with E-state index in [1.165, 1.54) is 32.8 Å². The van der Waals surface area contributed by atoms with Gasteiger partial charge in [-0.25, -0.2) is 9.59 Å². The van der Waals surface area contributed by atoms with Crippen LogP contribution < -0.4 is 0 Å².